The van der Waals surface area contributed by atoms with Gasteiger partial charge in [0.15, 0.2) is 0 Å². The summed E-state index contributed by atoms with van der Waals surface area (Å²) >= 11 is 3.54. The normalized spacial score (nSPS) is 13.6. The molecular weight excluding hydrogens is 474 g/mol. The van der Waals surface area contributed by atoms with Crippen molar-refractivity contribution in [2.75, 3.05) is 37.8 Å². The number of carbonyl (C=O) groups excluding carboxylic acids is 1. The molecule has 0 atom stereocenters. The summed E-state index contributed by atoms with van der Waals surface area (Å²) in [6.07, 6.45) is 0. The lowest BCUT2D eigenvalue weighted by Crippen LogP contribution is -2.49. The summed E-state index contributed by atoms with van der Waals surface area (Å²) in [5.74, 6) is 1.83. The fraction of sp³-hybridized carbons (Fsp3) is 0.167. The van der Waals surface area contributed by atoms with Gasteiger partial charge in [0.2, 0.25) is 0 Å². The van der Waals surface area contributed by atoms with Gasteiger partial charge in [0.1, 0.15) is 17.2 Å². The van der Waals surface area contributed by atoms with Gasteiger partial charge in [0.25, 0.3) is 0 Å². The second kappa shape index (κ2) is 9.32. The fourth-order valence-electron chi connectivity index (χ4n) is 3.53. The van der Waals surface area contributed by atoms with Crippen molar-refractivity contribution in [3.05, 3.63) is 76.8 Å². The molecule has 0 N–H and O–H groups in total. The molecule has 2 amide bonds. The minimum absolute atomic E-state index is 0.226. The molecule has 0 aliphatic carbocycles. The number of ether oxygens (including phenoxy) is 3. The molecule has 0 saturated heterocycles. The van der Waals surface area contributed by atoms with Crippen molar-refractivity contribution in [3.63, 3.8) is 0 Å². The van der Waals surface area contributed by atoms with Gasteiger partial charge in [-0.05, 0) is 52.3 Å². The van der Waals surface area contributed by atoms with E-state index in [1.807, 2.05) is 48.5 Å². The molecular formula is C24H22BrN3O4. The second-order valence-electron chi connectivity index (χ2n) is 6.92. The highest BCUT2D eigenvalue weighted by Gasteiger charge is 2.34. The molecule has 3 aromatic carbocycles. The minimum atomic E-state index is -0.317. The number of benzene rings is 3. The Morgan fingerprint density at radius 1 is 0.844 bits per heavy atom. The molecule has 3 aromatic rings. The Kier molecular flexibility index (Phi) is 6.32. The van der Waals surface area contributed by atoms with E-state index in [2.05, 4.69) is 15.9 Å². The number of nitrogens with zero attached hydrogens (tertiary/aromatic N) is 3. The molecule has 0 bridgehead atoms. The van der Waals surface area contributed by atoms with Crippen molar-refractivity contribution in [1.82, 2.24) is 0 Å². The Morgan fingerprint density at radius 2 is 1.56 bits per heavy atom. The number of hydrazone groups is 1. The standard InChI is InChI=1S/C24H22BrN3O4/c1-30-16-12-13-23(32-3)21(14-16)27-15-19(17-8-4-7-11-22(17)31-2)26-28(24(27)29)20-10-6-5-9-18(20)25/h4-14H,15H2,1-3H3. The van der Waals surface area contributed by atoms with E-state index in [1.165, 1.54) is 5.01 Å². The summed E-state index contributed by atoms with van der Waals surface area (Å²) < 4.78 is 17.3. The van der Waals surface area contributed by atoms with Crippen LogP contribution in [0.15, 0.2) is 76.3 Å². The molecule has 0 aromatic heterocycles. The maximum absolute atomic E-state index is 13.7. The van der Waals surface area contributed by atoms with Crippen molar-refractivity contribution in [2.45, 2.75) is 0 Å². The minimum Gasteiger partial charge on any atom is -0.497 e. The first-order valence-electron chi connectivity index (χ1n) is 9.86. The zero-order valence-electron chi connectivity index (χ0n) is 17.9. The van der Waals surface area contributed by atoms with Gasteiger partial charge in [0, 0.05) is 16.1 Å². The van der Waals surface area contributed by atoms with Gasteiger partial charge in [-0.2, -0.15) is 10.1 Å². The number of urea groups is 1. The van der Waals surface area contributed by atoms with E-state index < -0.39 is 0 Å². The van der Waals surface area contributed by atoms with Crippen LogP contribution in [0.3, 0.4) is 0 Å². The summed E-state index contributed by atoms with van der Waals surface area (Å²) in [7, 11) is 4.76. The third-order valence-corrected chi connectivity index (χ3v) is 5.79. The molecule has 1 aliphatic heterocycles. The average Bonchev–Trinajstić information content (AvgIpc) is 2.84. The van der Waals surface area contributed by atoms with E-state index in [0.717, 1.165) is 10.0 Å². The van der Waals surface area contributed by atoms with Crippen molar-refractivity contribution < 1.29 is 19.0 Å². The van der Waals surface area contributed by atoms with Crippen LogP contribution in [0.25, 0.3) is 0 Å². The van der Waals surface area contributed by atoms with Gasteiger partial charge < -0.3 is 14.2 Å². The van der Waals surface area contributed by atoms with Crippen LogP contribution in [0.5, 0.6) is 17.2 Å². The van der Waals surface area contributed by atoms with Crippen molar-refractivity contribution in [3.8, 4) is 17.2 Å². The molecule has 0 radical (unpaired) electrons. The van der Waals surface area contributed by atoms with E-state index in [9.17, 15) is 4.79 Å². The van der Waals surface area contributed by atoms with E-state index in [4.69, 9.17) is 19.3 Å². The number of rotatable bonds is 6. The first kappa shape index (κ1) is 21.7. The van der Waals surface area contributed by atoms with Crippen LogP contribution in [-0.2, 0) is 0 Å². The van der Waals surface area contributed by atoms with Crippen LogP contribution < -0.4 is 24.1 Å². The Bertz CT molecular complexity index is 1180. The molecule has 1 aliphatic rings. The summed E-state index contributed by atoms with van der Waals surface area (Å²) in [6.45, 7) is 0.226. The number of methoxy groups -OCH3 is 3. The second-order valence-corrected chi connectivity index (χ2v) is 7.77. The first-order valence-corrected chi connectivity index (χ1v) is 10.7. The van der Waals surface area contributed by atoms with E-state index >= 15 is 0 Å². The molecule has 0 unspecified atom stereocenters. The largest absolute Gasteiger partial charge is 0.497 e. The lowest BCUT2D eigenvalue weighted by Gasteiger charge is -2.34. The zero-order valence-corrected chi connectivity index (χ0v) is 19.5. The zero-order chi connectivity index (χ0) is 22.7. The lowest BCUT2D eigenvalue weighted by molar-refractivity contribution is 0.251. The predicted octanol–water partition coefficient (Wildman–Crippen LogP) is 5.33. The highest BCUT2D eigenvalue weighted by molar-refractivity contribution is 9.10. The van der Waals surface area contributed by atoms with Crippen LogP contribution in [0.1, 0.15) is 5.56 Å². The quantitative estimate of drug-likeness (QED) is 0.463. The SMILES string of the molecule is COc1ccc(OC)c(N2CC(c3ccccc3OC)=NN(c3ccccc3Br)C2=O)c1. The van der Waals surface area contributed by atoms with E-state index in [-0.39, 0.29) is 12.6 Å². The smallest absolute Gasteiger partial charge is 0.350 e. The predicted molar refractivity (Wildman–Crippen MR) is 128 cm³/mol. The lowest BCUT2D eigenvalue weighted by atomic mass is 10.1. The van der Waals surface area contributed by atoms with Crippen LogP contribution >= 0.6 is 15.9 Å². The Morgan fingerprint density at radius 3 is 2.28 bits per heavy atom. The summed E-state index contributed by atoms with van der Waals surface area (Å²) in [4.78, 5) is 15.3. The van der Waals surface area contributed by atoms with Crippen LogP contribution in [0.4, 0.5) is 16.2 Å². The number of carbonyl (C=O) groups is 1. The van der Waals surface area contributed by atoms with Gasteiger partial charge in [-0.25, -0.2) is 4.79 Å². The first-order chi connectivity index (χ1) is 15.6. The van der Waals surface area contributed by atoms with Crippen molar-refractivity contribution in [1.29, 1.82) is 0 Å². The maximum atomic E-state index is 13.7. The Labute approximate surface area is 194 Å². The molecule has 1 heterocycles. The third kappa shape index (κ3) is 4.01. The number of hydrogen-bond donors (Lipinski definition) is 0. The summed E-state index contributed by atoms with van der Waals surface area (Å²) in [6, 6.07) is 20.1. The fourth-order valence-corrected chi connectivity index (χ4v) is 3.98. The number of anilines is 2. The van der Waals surface area contributed by atoms with E-state index in [0.29, 0.717) is 34.3 Å². The number of para-hydroxylation sites is 2. The number of hydrogen-bond acceptors (Lipinski definition) is 5. The van der Waals surface area contributed by atoms with Crippen LogP contribution in [0, 0.1) is 0 Å². The molecule has 8 heteroatoms. The van der Waals surface area contributed by atoms with Crippen LogP contribution in [-0.4, -0.2) is 39.6 Å². The summed E-state index contributed by atoms with van der Waals surface area (Å²) in [5.41, 5.74) is 2.67. The van der Waals surface area contributed by atoms with Gasteiger partial charge in [-0.1, -0.05) is 24.3 Å². The highest BCUT2D eigenvalue weighted by atomic mass is 79.9. The number of halogens is 1. The molecule has 0 saturated carbocycles. The molecule has 4 rings (SSSR count). The molecule has 0 fully saturated rings. The van der Waals surface area contributed by atoms with Crippen molar-refractivity contribution in [2.24, 2.45) is 5.10 Å². The maximum Gasteiger partial charge on any atom is 0.350 e. The molecule has 164 valence electrons. The molecule has 7 nitrogen and oxygen atoms in total. The van der Waals surface area contributed by atoms with Gasteiger partial charge in [-0.15, -0.1) is 0 Å². The molecule has 0 spiro atoms. The summed E-state index contributed by atoms with van der Waals surface area (Å²) in [5, 5.41) is 6.11. The molecule has 32 heavy (non-hydrogen) atoms. The van der Waals surface area contributed by atoms with Crippen LogP contribution in [0.2, 0.25) is 0 Å². The van der Waals surface area contributed by atoms with Gasteiger partial charge >= 0.3 is 6.03 Å². The third-order valence-electron chi connectivity index (χ3n) is 5.12. The van der Waals surface area contributed by atoms with Crippen molar-refractivity contribution >= 4 is 39.0 Å². The highest BCUT2D eigenvalue weighted by Crippen LogP contribution is 2.37. The van der Waals surface area contributed by atoms with Gasteiger partial charge in [-0.3, -0.25) is 4.90 Å². The number of amides is 2. The Hall–Kier alpha value is -3.52. The average molecular weight is 496 g/mol. The Balaban J connectivity index is 1.90. The topological polar surface area (TPSA) is 63.6 Å². The monoisotopic (exact) mass is 495 g/mol. The van der Waals surface area contributed by atoms with E-state index in [1.54, 1.807) is 44.4 Å². The van der Waals surface area contributed by atoms with Gasteiger partial charge in [0.05, 0.1) is 45.0 Å².